The third kappa shape index (κ3) is 5.05. The summed E-state index contributed by atoms with van der Waals surface area (Å²) in [5, 5.41) is 15.8. The van der Waals surface area contributed by atoms with Crippen LogP contribution in [0.4, 0.5) is 4.79 Å². The van der Waals surface area contributed by atoms with Gasteiger partial charge in [-0.25, -0.2) is 4.79 Å². The van der Waals surface area contributed by atoms with E-state index >= 15 is 0 Å². The fourth-order valence-corrected chi connectivity index (χ4v) is 3.10. The number of hydrogen-bond acceptors (Lipinski definition) is 3. The number of ether oxygens (including phenoxy) is 1. The van der Waals surface area contributed by atoms with E-state index in [-0.39, 0.29) is 24.7 Å². The molecule has 1 aliphatic rings. The van der Waals surface area contributed by atoms with Gasteiger partial charge >= 0.3 is 6.03 Å². The number of benzene rings is 2. The minimum atomic E-state index is -0.613. The number of aliphatic hydroxyl groups excluding tert-OH is 1. The third-order valence-electron chi connectivity index (χ3n) is 4.35. The van der Waals surface area contributed by atoms with Crippen molar-refractivity contribution in [3.05, 3.63) is 71.8 Å². The third-order valence-corrected chi connectivity index (χ3v) is 4.35. The molecule has 2 amide bonds. The average molecular weight is 340 g/mol. The Bertz CT molecular complexity index is 663. The Morgan fingerprint density at radius 3 is 2.52 bits per heavy atom. The summed E-state index contributed by atoms with van der Waals surface area (Å²) in [6.07, 6.45) is 0.555. The standard InChI is InChI=1S/C20H24N2O3/c23-17(13-15-7-3-1-4-8-15)14-21-20(24)22-18-11-12-25-19(18)16-9-5-2-6-10-16/h1-10,17-19,23H,11-14H2,(H2,21,22,24). The van der Waals surface area contributed by atoms with Crippen molar-refractivity contribution in [1.29, 1.82) is 0 Å². The zero-order valence-corrected chi connectivity index (χ0v) is 14.1. The Balaban J connectivity index is 1.45. The van der Waals surface area contributed by atoms with E-state index in [1.54, 1.807) is 0 Å². The lowest BCUT2D eigenvalue weighted by atomic mass is 10.0. The first-order valence-corrected chi connectivity index (χ1v) is 8.65. The zero-order valence-electron chi connectivity index (χ0n) is 14.1. The lowest BCUT2D eigenvalue weighted by Crippen LogP contribution is -2.45. The first-order valence-electron chi connectivity index (χ1n) is 8.65. The van der Waals surface area contributed by atoms with E-state index in [1.807, 2.05) is 60.7 Å². The molecule has 0 aliphatic carbocycles. The number of aliphatic hydroxyl groups is 1. The van der Waals surface area contributed by atoms with Gasteiger partial charge in [0.2, 0.25) is 0 Å². The molecule has 3 unspecified atom stereocenters. The minimum Gasteiger partial charge on any atom is -0.391 e. The fourth-order valence-electron chi connectivity index (χ4n) is 3.10. The van der Waals surface area contributed by atoms with E-state index in [2.05, 4.69) is 10.6 Å². The van der Waals surface area contributed by atoms with Crippen molar-refractivity contribution in [3.8, 4) is 0 Å². The maximum atomic E-state index is 12.1. The summed E-state index contributed by atoms with van der Waals surface area (Å²) in [4.78, 5) is 12.1. The molecule has 2 aromatic rings. The molecule has 0 bridgehead atoms. The Kier molecular flexibility index (Phi) is 6.04. The molecule has 0 spiro atoms. The number of nitrogens with one attached hydrogen (secondary N) is 2. The summed E-state index contributed by atoms with van der Waals surface area (Å²) in [5.74, 6) is 0. The highest BCUT2D eigenvalue weighted by Crippen LogP contribution is 2.28. The van der Waals surface area contributed by atoms with Crippen molar-refractivity contribution >= 4 is 6.03 Å². The van der Waals surface area contributed by atoms with Crippen LogP contribution in [0.2, 0.25) is 0 Å². The molecule has 0 radical (unpaired) electrons. The first kappa shape index (κ1) is 17.5. The maximum Gasteiger partial charge on any atom is 0.315 e. The van der Waals surface area contributed by atoms with Gasteiger partial charge in [-0.1, -0.05) is 60.7 Å². The highest BCUT2D eigenvalue weighted by atomic mass is 16.5. The lowest BCUT2D eigenvalue weighted by molar-refractivity contribution is 0.0996. The van der Waals surface area contributed by atoms with Gasteiger partial charge in [-0.3, -0.25) is 0 Å². The molecule has 1 saturated heterocycles. The highest BCUT2D eigenvalue weighted by Gasteiger charge is 2.30. The van der Waals surface area contributed by atoms with E-state index in [1.165, 1.54) is 0 Å². The van der Waals surface area contributed by atoms with Gasteiger partial charge in [-0.15, -0.1) is 0 Å². The summed E-state index contributed by atoms with van der Waals surface area (Å²) < 4.78 is 5.77. The normalized spacial score (nSPS) is 20.8. The van der Waals surface area contributed by atoms with E-state index < -0.39 is 6.10 Å². The molecule has 5 nitrogen and oxygen atoms in total. The molecular weight excluding hydrogens is 316 g/mol. The van der Waals surface area contributed by atoms with E-state index in [4.69, 9.17) is 4.74 Å². The van der Waals surface area contributed by atoms with Crippen LogP contribution in [-0.2, 0) is 11.2 Å². The van der Waals surface area contributed by atoms with E-state index in [0.717, 1.165) is 17.5 Å². The highest BCUT2D eigenvalue weighted by molar-refractivity contribution is 5.74. The van der Waals surface area contributed by atoms with Gasteiger partial charge in [0.15, 0.2) is 0 Å². The molecule has 25 heavy (non-hydrogen) atoms. The summed E-state index contributed by atoms with van der Waals surface area (Å²) in [5.41, 5.74) is 2.11. The van der Waals surface area contributed by atoms with Crippen LogP contribution in [0, 0.1) is 0 Å². The Labute approximate surface area is 148 Å². The molecule has 0 saturated carbocycles. The van der Waals surface area contributed by atoms with Gasteiger partial charge in [-0.2, -0.15) is 0 Å². The number of amides is 2. The van der Waals surface area contributed by atoms with E-state index in [0.29, 0.717) is 13.0 Å². The molecule has 0 aromatic heterocycles. The summed E-state index contributed by atoms with van der Waals surface area (Å²) in [7, 11) is 0. The van der Waals surface area contributed by atoms with Crippen LogP contribution in [0.5, 0.6) is 0 Å². The van der Waals surface area contributed by atoms with Crippen molar-refractivity contribution in [2.75, 3.05) is 13.2 Å². The molecule has 2 aromatic carbocycles. The van der Waals surface area contributed by atoms with Gasteiger partial charge in [0.05, 0.1) is 12.1 Å². The maximum absolute atomic E-state index is 12.1. The molecule has 1 fully saturated rings. The van der Waals surface area contributed by atoms with Crippen LogP contribution in [0.3, 0.4) is 0 Å². The lowest BCUT2D eigenvalue weighted by Gasteiger charge is -2.21. The number of rotatable bonds is 6. The van der Waals surface area contributed by atoms with Crippen molar-refractivity contribution < 1.29 is 14.6 Å². The smallest absolute Gasteiger partial charge is 0.315 e. The SMILES string of the molecule is O=C(NCC(O)Cc1ccccc1)NC1CCOC1c1ccccc1. The average Bonchev–Trinajstić information content (AvgIpc) is 3.10. The van der Waals surface area contributed by atoms with Gasteiger partial charge in [0.1, 0.15) is 6.10 Å². The monoisotopic (exact) mass is 340 g/mol. The van der Waals surface area contributed by atoms with Gasteiger partial charge < -0.3 is 20.5 Å². The van der Waals surface area contributed by atoms with Crippen molar-refractivity contribution in [1.82, 2.24) is 10.6 Å². The van der Waals surface area contributed by atoms with Crippen LogP contribution in [0.25, 0.3) is 0 Å². The van der Waals surface area contributed by atoms with Crippen molar-refractivity contribution in [2.24, 2.45) is 0 Å². The molecule has 3 atom stereocenters. The molecule has 1 heterocycles. The molecular formula is C20H24N2O3. The van der Waals surface area contributed by atoms with Gasteiger partial charge in [0, 0.05) is 19.6 Å². The van der Waals surface area contributed by atoms with Crippen molar-refractivity contribution in [2.45, 2.75) is 31.1 Å². The number of carbonyl (C=O) groups is 1. The predicted molar refractivity (Wildman–Crippen MR) is 96.2 cm³/mol. The quantitative estimate of drug-likeness (QED) is 0.756. The summed E-state index contributed by atoms with van der Waals surface area (Å²) in [6, 6.07) is 19.3. The summed E-state index contributed by atoms with van der Waals surface area (Å²) >= 11 is 0. The largest absolute Gasteiger partial charge is 0.391 e. The Morgan fingerprint density at radius 1 is 1.12 bits per heavy atom. The fraction of sp³-hybridized carbons (Fsp3) is 0.350. The Morgan fingerprint density at radius 2 is 1.80 bits per heavy atom. The zero-order chi connectivity index (χ0) is 17.5. The predicted octanol–water partition coefficient (Wildman–Crippen LogP) is 2.42. The first-order chi connectivity index (χ1) is 12.2. The van der Waals surface area contributed by atoms with Crippen LogP contribution < -0.4 is 10.6 Å². The molecule has 1 aliphatic heterocycles. The molecule has 5 heteroatoms. The number of hydrogen-bond donors (Lipinski definition) is 3. The molecule has 3 N–H and O–H groups in total. The van der Waals surface area contributed by atoms with Crippen molar-refractivity contribution in [3.63, 3.8) is 0 Å². The van der Waals surface area contributed by atoms with Gasteiger partial charge in [-0.05, 0) is 17.5 Å². The topological polar surface area (TPSA) is 70.6 Å². The minimum absolute atomic E-state index is 0.0614. The van der Waals surface area contributed by atoms with Crippen LogP contribution >= 0.6 is 0 Å². The van der Waals surface area contributed by atoms with Gasteiger partial charge in [0.25, 0.3) is 0 Å². The van der Waals surface area contributed by atoms with Crippen LogP contribution in [-0.4, -0.2) is 36.4 Å². The summed E-state index contributed by atoms with van der Waals surface area (Å²) in [6.45, 7) is 0.839. The number of carbonyl (C=O) groups excluding carboxylic acids is 1. The van der Waals surface area contributed by atoms with E-state index in [9.17, 15) is 9.90 Å². The van der Waals surface area contributed by atoms with Crippen LogP contribution in [0.1, 0.15) is 23.7 Å². The Hall–Kier alpha value is -2.37. The second-order valence-corrected chi connectivity index (χ2v) is 6.30. The van der Waals surface area contributed by atoms with Crippen LogP contribution in [0.15, 0.2) is 60.7 Å². The second kappa shape index (κ2) is 8.65. The molecule has 3 rings (SSSR count). The molecule has 132 valence electrons. The second-order valence-electron chi connectivity index (χ2n) is 6.30. The number of urea groups is 1.